The Labute approximate surface area is 114 Å². The lowest BCUT2D eigenvalue weighted by atomic mass is 10.2. The zero-order valence-corrected chi connectivity index (χ0v) is 10.7. The van der Waals surface area contributed by atoms with Crippen molar-refractivity contribution < 1.29 is 14.5 Å². The highest BCUT2D eigenvalue weighted by molar-refractivity contribution is 5.94. The normalized spacial score (nSPS) is 9.40. The van der Waals surface area contributed by atoms with Crippen molar-refractivity contribution in [2.24, 2.45) is 0 Å². The van der Waals surface area contributed by atoms with Gasteiger partial charge in [0.05, 0.1) is 17.7 Å². The first-order valence-electron chi connectivity index (χ1n) is 5.61. The first-order valence-corrected chi connectivity index (χ1v) is 5.61. The number of rotatable bonds is 5. The van der Waals surface area contributed by atoms with Crippen LogP contribution < -0.4 is 5.32 Å². The summed E-state index contributed by atoms with van der Waals surface area (Å²) in [4.78, 5) is 34.0. The molecule has 104 valence electrons. The molecule has 0 aromatic heterocycles. The maximum atomic E-state index is 11.8. The van der Waals surface area contributed by atoms with Gasteiger partial charge in [-0.2, -0.15) is 5.26 Å². The number of amides is 2. The molecule has 0 saturated carbocycles. The molecule has 1 aromatic rings. The van der Waals surface area contributed by atoms with Gasteiger partial charge < -0.3 is 10.2 Å². The largest absolute Gasteiger partial charge is 0.334 e. The first-order chi connectivity index (χ1) is 9.45. The summed E-state index contributed by atoms with van der Waals surface area (Å²) in [6.45, 7) is 1.06. The van der Waals surface area contributed by atoms with E-state index in [0.717, 1.165) is 4.90 Å². The van der Waals surface area contributed by atoms with Crippen LogP contribution in [0.2, 0.25) is 0 Å². The molecule has 20 heavy (non-hydrogen) atoms. The van der Waals surface area contributed by atoms with Crippen LogP contribution in [0.25, 0.3) is 0 Å². The second-order valence-corrected chi connectivity index (χ2v) is 3.84. The lowest BCUT2D eigenvalue weighted by Gasteiger charge is -2.17. The molecule has 8 heteroatoms. The number of nitrogens with zero attached hydrogens (tertiary/aromatic N) is 3. The molecule has 1 rings (SSSR count). The molecular formula is C12H12N4O4. The molecule has 1 aromatic carbocycles. The summed E-state index contributed by atoms with van der Waals surface area (Å²) < 4.78 is 0. The lowest BCUT2D eigenvalue weighted by Crippen LogP contribution is -2.40. The van der Waals surface area contributed by atoms with Crippen LogP contribution in [0.1, 0.15) is 17.3 Å². The van der Waals surface area contributed by atoms with E-state index >= 15 is 0 Å². The van der Waals surface area contributed by atoms with Gasteiger partial charge in [0, 0.05) is 24.6 Å². The van der Waals surface area contributed by atoms with Gasteiger partial charge in [-0.25, -0.2) is 0 Å². The Morgan fingerprint density at radius 1 is 1.40 bits per heavy atom. The quantitative estimate of drug-likeness (QED) is 0.367. The third-order valence-electron chi connectivity index (χ3n) is 2.48. The average Bonchev–Trinajstić information content (AvgIpc) is 2.42. The zero-order valence-electron chi connectivity index (χ0n) is 10.7. The van der Waals surface area contributed by atoms with Crippen LogP contribution in [0.15, 0.2) is 24.3 Å². The van der Waals surface area contributed by atoms with Crippen LogP contribution in [-0.2, 0) is 4.79 Å². The Hall–Kier alpha value is -2.95. The number of nitro benzene ring substituents is 1. The summed E-state index contributed by atoms with van der Waals surface area (Å²) >= 11 is 0. The first kappa shape index (κ1) is 15.1. The SMILES string of the molecule is CC(=O)N(CC#N)CNC(=O)c1ccc([N+](=O)[O-])cc1. The Morgan fingerprint density at radius 3 is 2.45 bits per heavy atom. The molecule has 0 aliphatic rings. The number of nitrogens with one attached hydrogen (secondary N) is 1. The molecule has 0 fully saturated rings. The molecule has 0 radical (unpaired) electrons. The van der Waals surface area contributed by atoms with Gasteiger partial charge in [-0.3, -0.25) is 19.7 Å². The molecule has 0 unspecified atom stereocenters. The summed E-state index contributed by atoms with van der Waals surface area (Å²) in [6, 6.07) is 6.87. The highest BCUT2D eigenvalue weighted by Gasteiger charge is 2.12. The topological polar surface area (TPSA) is 116 Å². The number of nitriles is 1. The second-order valence-electron chi connectivity index (χ2n) is 3.84. The Kier molecular flexibility index (Phi) is 5.17. The van der Waals surface area contributed by atoms with Gasteiger partial charge in [0.15, 0.2) is 0 Å². The smallest absolute Gasteiger partial charge is 0.269 e. The third-order valence-corrected chi connectivity index (χ3v) is 2.48. The van der Waals surface area contributed by atoms with Crippen molar-refractivity contribution in [3.63, 3.8) is 0 Å². The van der Waals surface area contributed by atoms with Crippen LogP contribution in [0.5, 0.6) is 0 Å². The zero-order chi connectivity index (χ0) is 15.1. The fourth-order valence-electron chi connectivity index (χ4n) is 1.37. The summed E-state index contributed by atoms with van der Waals surface area (Å²) in [7, 11) is 0. The van der Waals surface area contributed by atoms with E-state index in [2.05, 4.69) is 5.32 Å². The van der Waals surface area contributed by atoms with Crippen molar-refractivity contribution in [3.05, 3.63) is 39.9 Å². The van der Waals surface area contributed by atoms with Gasteiger partial charge >= 0.3 is 0 Å². The van der Waals surface area contributed by atoms with Crippen LogP contribution in [0.4, 0.5) is 5.69 Å². The number of non-ortho nitro benzene ring substituents is 1. The Bertz CT molecular complexity index is 562. The van der Waals surface area contributed by atoms with Gasteiger partial charge in [-0.05, 0) is 12.1 Å². The second kappa shape index (κ2) is 6.84. The van der Waals surface area contributed by atoms with E-state index in [4.69, 9.17) is 5.26 Å². The number of carbonyl (C=O) groups is 2. The van der Waals surface area contributed by atoms with E-state index in [9.17, 15) is 19.7 Å². The standard InChI is InChI=1S/C12H12N4O4/c1-9(17)15(7-6-13)8-14-12(18)10-2-4-11(5-3-10)16(19)20/h2-5H,7-8H2,1H3,(H,14,18). The molecule has 0 saturated heterocycles. The molecule has 0 spiro atoms. The average molecular weight is 276 g/mol. The summed E-state index contributed by atoms with van der Waals surface area (Å²) in [5.41, 5.74) is 0.118. The summed E-state index contributed by atoms with van der Waals surface area (Å²) in [5.74, 6) is -0.820. The Morgan fingerprint density at radius 2 is 2.00 bits per heavy atom. The van der Waals surface area contributed by atoms with Crippen LogP contribution in [0, 0.1) is 21.4 Å². The Balaban J connectivity index is 2.65. The molecule has 0 aliphatic carbocycles. The van der Waals surface area contributed by atoms with Gasteiger partial charge in [-0.1, -0.05) is 0 Å². The maximum Gasteiger partial charge on any atom is 0.269 e. The molecular weight excluding hydrogens is 264 g/mol. The van der Waals surface area contributed by atoms with Crippen molar-refractivity contribution in [2.45, 2.75) is 6.92 Å². The van der Waals surface area contributed by atoms with Gasteiger partial charge in [0.2, 0.25) is 5.91 Å². The van der Waals surface area contributed by atoms with E-state index in [-0.39, 0.29) is 30.4 Å². The van der Waals surface area contributed by atoms with E-state index in [0.29, 0.717) is 0 Å². The van der Waals surface area contributed by atoms with Gasteiger partial charge in [0.1, 0.15) is 6.54 Å². The van der Waals surface area contributed by atoms with E-state index in [1.165, 1.54) is 31.2 Å². The maximum absolute atomic E-state index is 11.8. The molecule has 0 atom stereocenters. The highest BCUT2D eigenvalue weighted by atomic mass is 16.6. The number of hydrogen-bond donors (Lipinski definition) is 1. The number of hydrogen-bond acceptors (Lipinski definition) is 5. The van der Waals surface area contributed by atoms with E-state index < -0.39 is 10.8 Å². The minimum absolute atomic E-state index is 0.0985. The molecule has 0 heterocycles. The number of benzene rings is 1. The number of nitro groups is 1. The van der Waals surface area contributed by atoms with Crippen molar-refractivity contribution in [2.75, 3.05) is 13.2 Å². The summed E-state index contributed by atoms with van der Waals surface area (Å²) in [6.07, 6.45) is 0. The predicted octanol–water partition coefficient (Wildman–Crippen LogP) is 0.654. The highest BCUT2D eigenvalue weighted by Crippen LogP contribution is 2.11. The summed E-state index contributed by atoms with van der Waals surface area (Å²) in [5, 5.41) is 21.5. The lowest BCUT2D eigenvalue weighted by molar-refractivity contribution is -0.384. The fourth-order valence-corrected chi connectivity index (χ4v) is 1.37. The van der Waals surface area contributed by atoms with Crippen LogP contribution >= 0.6 is 0 Å². The molecule has 1 N–H and O–H groups in total. The molecule has 2 amide bonds. The van der Waals surface area contributed by atoms with Crippen molar-refractivity contribution in [1.82, 2.24) is 10.2 Å². The minimum atomic E-state index is -0.563. The van der Waals surface area contributed by atoms with Crippen molar-refractivity contribution in [3.8, 4) is 6.07 Å². The molecule has 8 nitrogen and oxygen atoms in total. The van der Waals surface area contributed by atoms with Crippen LogP contribution in [-0.4, -0.2) is 34.9 Å². The fraction of sp³-hybridized carbons (Fsp3) is 0.250. The van der Waals surface area contributed by atoms with Crippen molar-refractivity contribution >= 4 is 17.5 Å². The molecule has 0 aliphatic heterocycles. The predicted molar refractivity (Wildman–Crippen MR) is 68.4 cm³/mol. The minimum Gasteiger partial charge on any atom is -0.334 e. The van der Waals surface area contributed by atoms with Gasteiger partial charge in [-0.15, -0.1) is 0 Å². The van der Waals surface area contributed by atoms with E-state index in [1.54, 1.807) is 0 Å². The monoisotopic (exact) mass is 276 g/mol. The molecule has 0 bridgehead atoms. The van der Waals surface area contributed by atoms with Gasteiger partial charge in [0.25, 0.3) is 11.6 Å². The third kappa shape index (κ3) is 4.06. The van der Waals surface area contributed by atoms with E-state index in [1.807, 2.05) is 6.07 Å². The number of carbonyl (C=O) groups excluding carboxylic acids is 2. The van der Waals surface area contributed by atoms with Crippen LogP contribution in [0.3, 0.4) is 0 Å². The van der Waals surface area contributed by atoms with Crippen molar-refractivity contribution in [1.29, 1.82) is 5.26 Å².